The molecule has 0 aromatic rings. The Kier molecular flexibility index (Phi) is 5.18. The maximum absolute atomic E-state index is 10.7. The van der Waals surface area contributed by atoms with E-state index in [0.29, 0.717) is 5.92 Å². The van der Waals surface area contributed by atoms with Crippen molar-refractivity contribution in [3.8, 4) is 0 Å². The van der Waals surface area contributed by atoms with Gasteiger partial charge in [-0.3, -0.25) is 0 Å². The summed E-state index contributed by atoms with van der Waals surface area (Å²) in [5, 5.41) is 12.5. The van der Waals surface area contributed by atoms with Crippen LogP contribution in [0.3, 0.4) is 0 Å². The molecule has 0 aromatic heterocycles. The topological polar surface area (TPSA) is 58.6 Å². The van der Waals surface area contributed by atoms with Crippen molar-refractivity contribution in [1.29, 1.82) is 0 Å². The van der Waals surface area contributed by atoms with Crippen LogP contribution < -0.4 is 5.32 Å². The standard InChI is InChI=1S/C11H19NO3/c1-15-11(14)5-6-12-8-9-3-2-4-10(13)7-9/h5-6,9-10,12-13H,2-4,7-8H2,1H3/b6-5+. The highest BCUT2D eigenvalue weighted by Crippen LogP contribution is 2.23. The number of carbonyl (C=O) groups excluding carboxylic acids is 1. The fourth-order valence-corrected chi connectivity index (χ4v) is 1.88. The lowest BCUT2D eigenvalue weighted by Crippen LogP contribution is -2.26. The molecular weight excluding hydrogens is 194 g/mol. The zero-order valence-electron chi connectivity index (χ0n) is 9.11. The Balaban J connectivity index is 2.14. The summed E-state index contributed by atoms with van der Waals surface area (Å²) in [6.45, 7) is 0.810. The Morgan fingerprint density at radius 3 is 3.07 bits per heavy atom. The Morgan fingerprint density at radius 1 is 1.60 bits per heavy atom. The first-order valence-corrected chi connectivity index (χ1v) is 5.38. The second-order valence-electron chi connectivity index (χ2n) is 3.95. The molecule has 1 aliphatic rings. The van der Waals surface area contributed by atoms with Gasteiger partial charge in [-0.1, -0.05) is 6.42 Å². The van der Waals surface area contributed by atoms with Crippen LogP contribution in [0, 0.1) is 5.92 Å². The molecule has 0 aliphatic heterocycles. The summed E-state index contributed by atoms with van der Waals surface area (Å²) < 4.78 is 4.45. The largest absolute Gasteiger partial charge is 0.466 e. The summed E-state index contributed by atoms with van der Waals surface area (Å²) in [4.78, 5) is 10.7. The van der Waals surface area contributed by atoms with Gasteiger partial charge in [0.05, 0.1) is 13.2 Å². The van der Waals surface area contributed by atoms with Crippen molar-refractivity contribution in [2.75, 3.05) is 13.7 Å². The van der Waals surface area contributed by atoms with E-state index in [2.05, 4.69) is 10.1 Å². The monoisotopic (exact) mass is 213 g/mol. The lowest BCUT2D eigenvalue weighted by Gasteiger charge is -2.25. The van der Waals surface area contributed by atoms with Gasteiger partial charge in [-0.15, -0.1) is 0 Å². The number of rotatable bonds is 4. The van der Waals surface area contributed by atoms with Crippen LogP contribution in [0.2, 0.25) is 0 Å². The second kappa shape index (κ2) is 6.45. The predicted molar refractivity (Wildman–Crippen MR) is 57.1 cm³/mol. The molecule has 2 unspecified atom stereocenters. The van der Waals surface area contributed by atoms with Crippen molar-refractivity contribution in [3.05, 3.63) is 12.3 Å². The quantitative estimate of drug-likeness (QED) is 0.536. The van der Waals surface area contributed by atoms with Crippen molar-refractivity contribution in [3.63, 3.8) is 0 Å². The normalized spacial score (nSPS) is 26.5. The van der Waals surface area contributed by atoms with E-state index >= 15 is 0 Å². The zero-order chi connectivity index (χ0) is 11.1. The molecule has 4 nitrogen and oxygen atoms in total. The summed E-state index contributed by atoms with van der Waals surface area (Å²) in [7, 11) is 1.35. The highest BCUT2D eigenvalue weighted by Gasteiger charge is 2.19. The van der Waals surface area contributed by atoms with E-state index in [4.69, 9.17) is 0 Å². The summed E-state index contributed by atoms with van der Waals surface area (Å²) >= 11 is 0. The molecule has 0 bridgehead atoms. The number of methoxy groups -OCH3 is 1. The molecule has 0 radical (unpaired) electrons. The molecule has 86 valence electrons. The number of nitrogens with one attached hydrogen (secondary N) is 1. The number of esters is 1. The average molecular weight is 213 g/mol. The first-order chi connectivity index (χ1) is 7.22. The van der Waals surface area contributed by atoms with Crippen molar-refractivity contribution in [1.82, 2.24) is 5.32 Å². The van der Waals surface area contributed by atoms with Gasteiger partial charge in [-0.05, 0) is 25.2 Å². The van der Waals surface area contributed by atoms with Crippen LogP contribution in [0.5, 0.6) is 0 Å². The molecule has 0 spiro atoms. The van der Waals surface area contributed by atoms with E-state index in [0.717, 1.165) is 32.2 Å². The number of aliphatic hydroxyl groups excluding tert-OH is 1. The van der Waals surface area contributed by atoms with Crippen molar-refractivity contribution in [2.24, 2.45) is 5.92 Å². The fraction of sp³-hybridized carbons (Fsp3) is 0.727. The molecule has 2 N–H and O–H groups in total. The third kappa shape index (κ3) is 4.83. The third-order valence-electron chi connectivity index (χ3n) is 2.70. The smallest absolute Gasteiger partial charge is 0.331 e. The number of carbonyl (C=O) groups is 1. The number of ether oxygens (including phenoxy) is 1. The van der Waals surface area contributed by atoms with Crippen LogP contribution in [-0.4, -0.2) is 30.8 Å². The Hall–Kier alpha value is -1.03. The minimum Gasteiger partial charge on any atom is -0.466 e. The zero-order valence-corrected chi connectivity index (χ0v) is 9.11. The Morgan fingerprint density at radius 2 is 2.40 bits per heavy atom. The molecule has 0 aromatic carbocycles. The van der Waals surface area contributed by atoms with E-state index in [1.807, 2.05) is 0 Å². The molecule has 1 rings (SSSR count). The molecule has 0 amide bonds. The SMILES string of the molecule is COC(=O)/C=C/NCC1CCCC(O)C1. The van der Waals surface area contributed by atoms with Gasteiger partial charge in [0, 0.05) is 18.8 Å². The molecule has 4 heteroatoms. The van der Waals surface area contributed by atoms with Crippen molar-refractivity contribution >= 4 is 5.97 Å². The van der Waals surface area contributed by atoms with Gasteiger partial charge >= 0.3 is 5.97 Å². The summed E-state index contributed by atoms with van der Waals surface area (Å²) in [5.74, 6) is 0.155. The summed E-state index contributed by atoms with van der Waals surface area (Å²) in [6.07, 6.45) is 6.85. The van der Waals surface area contributed by atoms with Gasteiger partial charge in [-0.25, -0.2) is 4.79 Å². The lowest BCUT2D eigenvalue weighted by atomic mass is 9.87. The van der Waals surface area contributed by atoms with Crippen LogP contribution in [0.15, 0.2) is 12.3 Å². The van der Waals surface area contributed by atoms with Gasteiger partial charge in [0.1, 0.15) is 0 Å². The fourth-order valence-electron chi connectivity index (χ4n) is 1.88. The summed E-state index contributed by atoms with van der Waals surface area (Å²) in [5.41, 5.74) is 0. The van der Waals surface area contributed by atoms with Crippen LogP contribution >= 0.6 is 0 Å². The number of aliphatic hydroxyl groups is 1. The predicted octanol–water partition coefficient (Wildman–Crippen LogP) is 0.814. The van der Waals surface area contributed by atoms with Crippen LogP contribution in [0.25, 0.3) is 0 Å². The van der Waals surface area contributed by atoms with Gasteiger partial charge in [0.2, 0.25) is 0 Å². The van der Waals surface area contributed by atoms with Crippen LogP contribution in [0.1, 0.15) is 25.7 Å². The molecule has 0 saturated heterocycles. The van der Waals surface area contributed by atoms with Gasteiger partial charge in [0.25, 0.3) is 0 Å². The lowest BCUT2D eigenvalue weighted by molar-refractivity contribution is -0.134. The van der Waals surface area contributed by atoms with Crippen molar-refractivity contribution < 1.29 is 14.6 Å². The molecule has 15 heavy (non-hydrogen) atoms. The van der Waals surface area contributed by atoms with E-state index in [-0.39, 0.29) is 12.1 Å². The molecule has 2 atom stereocenters. The molecule has 0 heterocycles. The molecule has 1 saturated carbocycles. The first kappa shape index (κ1) is 12.0. The van der Waals surface area contributed by atoms with Gasteiger partial charge < -0.3 is 15.2 Å². The van der Waals surface area contributed by atoms with Crippen LogP contribution in [0.4, 0.5) is 0 Å². The molecule has 1 fully saturated rings. The van der Waals surface area contributed by atoms with E-state index in [9.17, 15) is 9.90 Å². The van der Waals surface area contributed by atoms with Crippen LogP contribution in [-0.2, 0) is 9.53 Å². The highest BCUT2D eigenvalue weighted by atomic mass is 16.5. The van der Waals surface area contributed by atoms with Crippen molar-refractivity contribution in [2.45, 2.75) is 31.8 Å². The summed E-state index contributed by atoms with van der Waals surface area (Å²) in [6, 6.07) is 0. The van der Waals surface area contributed by atoms with E-state index in [1.165, 1.54) is 13.2 Å². The molecule has 1 aliphatic carbocycles. The second-order valence-corrected chi connectivity index (χ2v) is 3.95. The minimum absolute atomic E-state index is 0.143. The minimum atomic E-state index is -0.355. The number of hydrogen-bond donors (Lipinski definition) is 2. The van der Waals surface area contributed by atoms with Gasteiger partial charge in [0.15, 0.2) is 0 Å². The van der Waals surface area contributed by atoms with Gasteiger partial charge in [-0.2, -0.15) is 0 Å². The third-order valence-corrected chi connectivity index (χ3v) is 2.70. The highest BCUT2D eigenvalue weighted by molar-refractivity contribution is 5.81. The first-order valence-electron chi connectivity index (χ1n) is 5.38. The maximum Gasteiger partial charge on any atom is 0.331 e. The molecular formula is C11H19NO3. The average Bonchev–Trinajstić information content (AvgIpc) is 2.24. The van der Waals surface area contributed by atoms with E-state index < -0.39 is 0 Å². The Bertz CT molecular complexity index is 228. The van der Waals surface area contributed by atoms with E-state index in [1.54, 1.807) is 6.20 Å². The number of hydrogen-bond acceptors (Lipinski definition) is 4. The Labute approximate surface area is 90.3 Å². The maximum atomic E-state index is 10.7.